The fourth-order valence-corrected chi connectivity index (χ4v) is 3.54. The first-order chi connectivity index (χ1) is 13.8. The molecular formula is C23H31N3O2. The van der Waals surface area contributed by atoms with Crippen LogP contribution in [0.4, 0.5) is 0 Å². The SMILES string of the molecule is O=C(CCNCc1cccc(OCC2CCCCC2)c1)NCc1cccnc1. The summed E-state index contributed by atoms with van der Waals surface area (Å²) in [5, 5.41) is 6.25. The van der Waals surface area contributed by atoms with Gasteiger partial charge in [-0.3, -0.25) is 9.78 Å². The van der Waals surface area contributed by atoms with Gasteiger partial charge in [0, 0.05) is 38.4 Å². The zero-order chi connectivity index (χ0) is 19.4. The molecule has 1 saturated carbocycles. The van der Waals surface area contributed by atoms with Gasteiger partial charge in [0.2, 0.25) is 5.91 Å². The van der Waals surface area contributed by atoms with Crippen LogP contribution in [0.5, 0.6) is 5.75 Å². The van der Waals surface area contributed by atoms with E-state index in [1.807, 2.05) is 24.3 Å². The molecule has 0 aliphatic heterocycles. The normalized spacial score (nSPS) is 14.6. The van der Waals surface area contributed by atoms with Crippen LogP contribution in [-0.4, -0.2) is 24.0 Å². The lowest BCUT2D eigenvalue weighted by Crippen LogP contribution is -2.27. The Morgan fingerprint density at radius 1 is 1.07 bits per heavy atom. The highest BCUT2D eigenvalue weighted by molar-refractivity contribution is 5.76. The summed E-state index contributed by atoms with van der Waals surface area (Å²) in [5.41, 5.74) is 2.19. The quantitative estimate of drug-likeness (QED) is 0.614. The van der Waals surface area contributed by atoms with Gasteiger partial charge < -0.3 is 15.4 Å². The van der Waals surface area contributed by atoms with Crippen LogP contribution in [0.15, 0.2) is 48.8 Å². The van der Waals surface area contributed by atoms with E-state index >= 15 is 0 Å². The predicted octanol–water partition coefficient (Wildman–Crippen LogP) is 3.84. The monoisotopic (exact) mass is 381 g/mol. The van der Waals surface area contributed by atoms with Crippen LogP contribution in [0.3, 0.4) is 0 Å². The van der Waals surface area contributed by atoms with Gasteiger partial charge in [-0.25, -0.2) is 0 Å². The highest BCUT2D eigenvalue weighted by Crippen LogP contribution is 2.24. The summed E-state index contributed by atoms with van der Waals surface area (Å²) in [6.45, 7) is 2.73. The maximum Gasteiger partial charge on any atom is 0.221 e. The molecule has 28 heavy (non-hydrogen) atoms. The molecule has 5 heteroatoms. The molecular weight excluding hydrogens is 350 g/mol. The zero-order valence-corrected chi connectivity index (χ0v) is 16.5. The van der Waals surface area contributed by atoms with Gasteiger partial charge in [0.1, 0.15) is 5.75 Å². The molecule has 0 saturated heterocycles. The first-order valence-electron chi connectivity index (χ1n) is 10.4. The van der Waals surface area contributed by atoms with E-state index in [2.05, 4.69) is 27.8 Å². The average Bonchev–Trinajstić information content (AvgIpc) is 2.76. The summed E-state index contributed by atoms with van der Waals surface area (Å²) >= 11 is 0. The van der Waals surface area contributed by atoms with E-state index in [1.54, 1.807) is 12.4 Å². The summed E-state index contributed by atoms with van der Waals surface area (Å²) in [5.74, 6) is 1.70. The van der Waals surface area contributed by atoms with Crippen LogP contribution in [0.25, 0.3) is 0 Å². The zero-order valence-electron chi connectivity index (χ0n) is 16.5. The summed E-state index contributed by atoms with van der Waals surface area (Å²) in [7, 11) is 0. The molecule has 1 amide bonds. The predicted molar refractivity (Wildman–Crippen MR) is 111 cm³/mol. The van der Waals surface area contributed by atoms with Gasteiger partial charge in [-0.1, -0.05) is 37.5 Å². The Morgan fingerprint density at radius 2 is 1.93 bits per heavy atom. The van der Waals surface area contributed by atoms with Crippen molar-refractivity contribution in [1.82, 2.24) is 15.6 Å². The van der Waals surface area contributed by atoms with Gasteiger partial charge in [-0.15, -0.1) is 0 Å². The number of nitrogens with one attached hydrogen (secondary N) is 2. The second-order valence-electron chi connectivity index (χ2n) is 7.53. The Bertz CT molecular complexity index is 715. The van der Waals surface area contributed by atoms with E-state index in [1.165, 1.54) is 37.7 Å². The second kappa shape index (κ2) is 11.4. The van der Waals surface area contributed by atoms with Gasteiger partial charge in [0.25, 0.3) is 0 Å². The van der Waals surface area contributed by atoms with Crippen molar-refractivity contribution in [3.8, 4) is 5.75 Å². The van der Waals surface area contributed by atoms with E-state index < -0.39 is 0 Å². The minimum Gasteiger partial charge on any atom is -0.493 e. The van der Waals surface area contributed by atoms with Crippen LogP contribution < -0.4 is 15.4 Å². The van der Waals surface area contributed by atoms with Crippen LogP contribution in [0, 0.1) is 5.92 Å². The fraction of sp³-hybridized carbons (Fsp3) is 0.478. The van der Waals surface area contributed by atoms with Gasteiger partial charge in [-0.05, 0) is 48.1 Å². The standard InChI is InChI=1S/C23H31N3O2/c27-23(26-17-21-9-5-12-24-16-21)11-13-25-15-20-8-4-10-22(14-20)28-18-19-6-2-1-3-7-19/h4-5,8-10,12,14,16,19,25H,1-3,6-7,11,13,15,17-18H2,(H,26,27). The lowest BCUT2D eigenvalue weighted by atomic mass is 9.90. The Hall–Kier alpha value is -2.40. The van der Waals surface area contributed by atoms with Crippen LogP contribution in [-0.2, 0) is 17.9 Å². The van der Waals surface area contributed by atoms with Crippen molar-refractivity contribution in [2.45, 2.75) is 51.6 Å². The van der Waals surface area contributed by atoms with Gasteiger partial charge in [0.05, 0.1) is 6.61 Å². The number of hydrogen-bond donors (Lipinski definition) is 2. The van der Waals surface area contributed by atoms with E-state index in [4.69, 9.17) is 4.74 Å². The number of ether oxygens (including phenoxy) is 1. The first kappa shape index (κ1) is 20.3. The summed E-state index contributed by atoms with van der Waals surface area (Å²) < 4.78 is 6.01. The maximum atomic E-state index is 11.9. The number of benzene rings is 1. The Balaban J connectivity index is 1.31. The molecule has 0 spiro atoms. The molecule has 2 N–H and O–H groups in total. The number of hydrogen-bond acceptors (Lipinski definition) is 4. The average molecular weight is 382 g/mol. The number of aromatic nitrogens is 1. The summed E-state index contributed by atoms with van der Waals surface area (Å²) in [4.78, 5) is 16.0. The number of carbonyl (C=O) groups excluding carboxylic acids is 1. The molecule has 0 radical (unpaired) electrons. The van der Waals surface area contributed by atoms with Crippen LogP contribution in [0.2, 0.25) is 0 Å². The molecule has 0 atom stereocenters. The van der Waals surface area contributed by atoms with Crippen molar-refractivity contribution >= 4 is 5.91 Å². The Labute approximate surface area is 167 Å². The molecule has 1 heterocycles. The Kier molecular flexibility index (Phi) is 8.31. The number of amides is 1. The lowest BCUT2D eigenvalue weighted by molar-refractivity contribution is -0.121. The molecule has 1 aromatic heterocycles. The van der Waals surface area contributed by atoms with Crippen molar-refractivity contribution < 1.29 is 9.53 Å². The van der Waals surface area contributed by atoms with Crippen molar-refractivity contribution in [2.24, 2.45) is 5.92 Å². The van der Waals surface area contributed by atoms with E-state index in [0.717, 1.165) is 24.5 Å². The number of rotatable bonds is 10. The van der Waals surface area contributed by atoms with E-state index in [9.17, 15) is 4.79 Å². The molecule has 1 aromatic carbocycles. The number of nitrogens with zero attached hydrogens (tertiary/aromatic N) is 1. The first-order valence-corrected chi connectivity index (χ1v) is 10.4. The second-order valence-corrected chi connectivity index (χ2v) is 7.53. The maximum absolute atomic E-state index is 11.9. The van der Waals surface area contributed by atoms with Crippen molar-refractivity contribution in [3.63, 3.8) is 0 Å². The minimum atomic E-state index is 0.0425. The molecule has 5 nitrogen and oxygen atoms in total. The van der Waals surface area contributed by atoms with Gasteiger partial charge in [-0.2, -0.15) is 0 Å². The smallest absolute Gasteiger partial charge is 0.221 e. The van der Waals surface area contributed by atoms with E-state index in [0.29, 0.717) is 25.4 Å². The molecule has 3 rings (SSSR count). The van der Waals surface area contributed by atoms with Gasteiger partial charge >= 0.3 is 0 Å². The molecule has 0 bridgehead atoms. The minimum absolute atomic E-state index is 0.0425. The summed E-state index contributed by atoms with van der Waals surface area (Å²) in [6, 6.07) is 12.1. The third-order valence-electron chi connectivity index (χ3n) is 5.18. The van der Waals surface area contributed by atoms with Crippen LogP contribution in [0.1, 0.15) is 49.7 Å². The molecule has 150 valence electrons. The van der Waals surface area contributed by atoms with Gasteiger partial charge in [0.15, 0.2) is 0 Å². The van der Waals surface area contributed by atoms with Crippen molar-refractivity contribution in [2.75, 3.05) is 13.2 Å². The Morgan fingerprint density at radius 3 is 2.75 bits per heavy atom. The fourth-order valence-electron chi connectivity index (χ4n) is 3.54. The highest BCUT2D eigenvalue weighted by Gasteiger charge is 2.14. The molecule has 1 fully saturated rings. The molecule has 0 unspecified atom stereocenters. The summed E-state index contributed by atoms with van der Waals surface area (Å²) in [6.07, 6.45) is 10.6. The number of pyridine rings is 1. The molecule has 2 aromatic rings. The highest BCUT2D eigenvalue weighted by atomic mass is 16.5. The topological polar surface area (TPSA) is 63.2 Å². The van der Waals surface area contributed by atoms with Crippen LogP contribution >= 0.6 is 0 Å². The third kappa shape index (κ3) is 7.31. The third-order valence-corrected chi connectivity index (χ3v) is 5.18. The van der Waals surface area contributed by atoms with Crippen molar-refractivity contribution in [3.05, 3.63) is 59.9 Å². The van der Waals surface area contributed by atoms with E-state index in [-0.39, 0.29) is 5.91 Å². The molecule has 1 aliphatic carbocycles. The largest absolute Gasteiger partial charge is 0.493 e. The van der Waals surface area contributed by atoms with Crippen molar-refractivity contribution in [1.29, 1.82) is 0 Å². The lowest BCUT2D eigenvalue weighted by Gasteiger charge is -2.21. The number of carbonyl (C=O) groups is 1. The molecule has 1 aliphatic rings.